The summed E-state index contributed by atoms with van der Waals surface area (Å²) in [6, 6.07) is 15.6. The van der Waals surface area contributed by atoms with Gasteiger partial charge in [0.15, 0.2) is 0 Å². The van der Waals surface area contributed by atoms with Crippen molar-refractivity contribution in [3.63, 3.8) is 0 Å². The second-order valence-corrected chi connectivity index (χ2v) is 9.52. The molecule has 1 unspecified atom stereocenters. The van der Waals surface area contributed by atoms with E-state index in [2.05, 4.69) is 33.6 Å². The highest BCUT2D eigenvalue weighted by Gasteiger charge is 2.33. The third-order valence-electron chi connectivity index (χ3n) is 6.54. The van der Waals surface area contributed by atoms with Crippen LogP contribution in [0, 0.1) is 0 Å². The molecule has 2 aromatic rings. The van der Waals surface area contributed by atoms with Crippen molar-refractivity contribution < 1.29 is 15.3 Å². The molecular formula is C27H35ClN4O3. The Morgan fingerprint density at radius 3 is 2.57 bits per heavy atom. The number of β-amino-alcohol motifs (C(OH)–C–C–N with tert-alkyl or cyclic N) is 1. The van der Waals surface area contributed by atoms with Gasteiger partial charge in [0.1, 0.15) is 6.23 Å². The zero-order chi connectivity index (χ0) is 25.6. The molecule has 0 saturated carbocycles. The Labute approximate surface area is 212 Å². The van der Waals surface area contributed by atoms with Crippen molar-refractivity contribution >= 4 is 24.0 Å². The lowest BCUT2D eigenvalue weighted by molar-refractivity contribution is 0.0441. The number of anilines is 1. The molecule has 1 aliphatic rings. The minimum atomic E-state index is -1.08. The molecule has 0 bridgehead atoms. The van der Waals surface area contributed by atoms with Crippen LogP contribution in [0.5, 0.6) is 0 Å². The number of hydrogen-bond donors (Lipinski definition) is 4. The molecule has 188 valence electrons. The third kappa shape index (κ3) is 6.79. The van der Waals surface area contributed by atoms with Crippen LogP contribution >= 0.6 is 11.6 Å². The molecular weight excluding hydrogens is 464 g/mol. The lowest BCUT2D eigenvalue weighted by Gasteiger charge is -2.45. The van der Waals surface area contributed by atoms with Gasteiger partial charge in [-0.2, -0.15) is 0 Å². The van der Waals surface area contributed by atoms with E-state index >= 15 is 0 Å². The number of aliphatic hydroxyl groups is 3. The van der Waals surface area contributed by atoms with Gasteiger partial charge in [-0.05, 0) is 55.5 Å². The number of aliphatic imine (C=N–C) groups is 1. The summed E-state index contributed by atoms with van der Waals surface area (Å²) < 4.78 is 0. The second kappa shape index (κ2) is 11.9. The van der Waals surface area contributed by atoms with E-state index in [1.807, 2.05) is 31.2 Å². The molecule has 0 aliphatic carbocycles. The fraction of sp³-hybridized carbons (Fsp3) is 0.370. The third-order valence-corrected chi connectivity index (χ3v) is 6.85. The monoisotopic (exact) mass is 498 g/mol. The fourth-order valence-corrected chi connectivity index (χ4v) is 4.59. The summed E-state index contributed by atoms with van der Waals surface area (Å²) in [7, 11) is 0. The first-order valence-electron chi connectivity index (χ1n) is 11.6. The van der Waals surface area contributed by atoms with Gasteiger partial charge in [0.05, 0.1) is 34.7 Å². The highest BCUT2D eigenvalue weighted by molar-refractivity contribution is 6.33. The minimum Gasteiger partial charge on any atom is -0.390 e. The molecule has 3 rings (SSSR count). The first-order chi connectivity index (χ1) is 16.7. The Balaban J connectivity index is 1.85. The smallest absolute Gasteiger partial charge is 0.128 e. The van der Waals surface area contributed by atoms with Gasteiger partial charge in [-0.1, -0.05) is 54.1 Å². The molecule has 35 heavy (non-hydrogen) atoms. The Bertz CT molecular complexity index is 1070. The maximum atomic E-state index is 11.2. The Morgan fingerprint density at radius 1 is 1.26 bits per heavy atom. The van der Waals surface area contributed by atoms with E-state index in [1.165, 1.54) is 0 Å². The first-order valence-corrected chi connectivity index (χ1v) is 12.0. The van der Waals surface area contributed by atoms with Gasteiger partial charge in [0.25, 0.3) is 0 Å². The SMILES string of the molecule is C=N/C(=C\C=C(/C)[C@](C)(O)CN1CCN(c2ccc(C(N)O)cc2Cl)[C@H](c2ccccc2)C1)CO. The van der Waals surface area contributed by atoms with E-state index in [-0.39, 0.29) is 12.6 Å². The van der Waals surface area contributed by atoms with Gasteiger partial charge in [0, 0.05) is 26.2 Å². The molecule has 1 heterocycles. The molecule has 5 N–H and O–H groups in total. The van der Waals surface area contributed by atoms with Crippen LogP contribution in [0.4, 0.5) is 5.69 Å². The molecule has 0 radical (unpaired) electrons. The summed E-state index contributed by atoms with van der Waals surface area (Å²) in [5, 5.41) is 30.8. The Morgan fingerprint density at radius 2 is 1.97 bits per heavy atom. The molecule has 7 nitrogen and oxygen atoms in total. The van der Waals surface area contributed by atoms with E-state index in [0.717, 1.165) is 23.4 Å². The predicted molar refractivity (Wildman–Crippen MR) is 143 cm³/mol. The first kappa shape index (κ1) is 27.1. The standard InChI is InChI=1S/C27H35ClN4O3/c1-19(9-11-22(17-33)30-3)27(2,35)18-31-13-14-32(25(16-31)20-7-5-4-6-8-20)24-12-10-21(26(29)34)15-23(24)28/h4-12,15,25-26,33-35H,3,13-14,16-18,29H2,1-2H3/b19-9+,22-11-/t25-,26?,27+/m0/s1. The van der Waals surface area contributed by atoms with Crippen molar-refractivity contribution in [2.24, 2.45) is 10.7 Å². The average molecular weight is 499 g/mol. The number of rotatable bonds is 9. The van der Waals surface area contributed by atoms with Crippen molar-refractivity contribution in [3.05, 3.63) is 88.1 Å². The number of nitrogens with zero attached hydrogens (tertiary/aromatic N) is 3. The number of allylic oxidation sites excluding steroid dienone is 2. The van der Waals surface area contributed by atoms with Gasteiger partial charge < -0.3 is 26.0 Å². The van der Waals surface area contributed by atoms with Crippen molar-refractivity contribution in [1.82, 2.24) is 4.90 Å². The van der Waals surface area contributed by atoms with E-state index in [4.69, 9.17) is 17.3 Å². The summed E-state index contributed by atoms with van der Waals surface area (Å²) in [4.78, 5) is 8.28. The predicted octanol–water partition coefficient (Wildman–Crippen LogP) is 3.43. The summed E-state index contributed by atoms with van der Waals surface area (Å²) in [5.41, 5.74) is 8.35. The van der Waals surface area contributed by atoms with Crippen LogP contribution in [0.3, 0.4) is 0 Å². The summed E-state index contributed by atoms with van der Waals surface area (Å²) >= 11 is 6.62. The van der Waals surface area contributed by atoms with Crippen molar-refractivity contribution in [2.75, 3.05) is 37.7 Å². The topological polar surface area (TPSA) is 106 Å². The number of hydrogen-bond acceptors (Lipinski definition) is 7. The van der Waals surface area contributed by atoms with Gasteiger partial charge in [-0.15, -0.1) is 0 Å². The summed E-state index contributed by atoms with van der Waals surface area (Å²) in [5.74, 6) is 0. The zero-order valence-corrected chi connectivity index (χ0v) is 21.1. The number of benzene rings is 2. The van der Waals surface area contributed by atoms with Gasteiger partial charge >= 0.3 is 0 Å². The van der Waals surface area contributed by atoms with E-state index in [0.29, 0.717) is 35.9 Å². The number of piperazine rings is 1. The maximum absolute atomic E-state index is 11.2. The van der Waals surface area contributed by atoms with Crippen LogP contribution in [0.1, 0.15) is 37.2 Å². The molecule has 0 spiro atoms. The van der Waals surface area contributed by atoms with E-state index in [9.17, 15) is 15.3 Å². The van der Waals surface area contributed by atoms with E-state index < -0.39 is 11.8 Å². The highest BCUT2D eigenvalue weighted by Crippen LogP contribution is 2.36. The van der Waals surface area contributed by atoms with Crippen LogP contribution in [0.15, 0.2) is 76.9 Å². The lowest BCUT2D eigenvalue weighted by atomic mass is 9.94. The largest absolute Gasteiger partial charge is 0.390 e. The molecule has 1 fully saturated rings. The molecule has 2 aromatic carbocycles. The van der Waals surface area contributed by atoms with Crippen LogP contribution in [-0.4, -0.2) is 65.3 Å². The van der Waals surface area contributed by atoms with Crippen molar-refractivity contribution in [2.45, 2.75) is 31.7 Å². The van der Waals surface area contributed by atoms with Gasteiger partial charge in [0.2, 0.25) is 0 Å². The van der Waals surface area contributed by atoms with Crippen molar-refractivity contribution in [3.8, 4) is 0 Å². The minimum absolute atomic E-state index is 0.0158. The normalized spacial score (nSPS) is 20.4. The molecule has 3 atom stereocenters. The van der Waals surface area contributed by atoms with Crippen LogP contribution in [0.25, 0.3) is 0 Å². The molecule has 1 aliphatic heterocycles. The summed E-state index contributed by atoms with van der Waals surface area (Å²) in [6.07, 6.45) is 2.37. The number of halogens is 1. The molecule has 8 heteroatoms. The quantitative estimate of drug-likeness (QED) is 0.240. The Kier molecular flexibility index (Phi) is 9.24. The Hall–Kier alpha value is -2.52. The lowest BCUT2D eigenvalue weighted by Crippen LogP contribution is -2.53. The summed E-state index contributed by atoms with van der Waals surface area (Å²) in [6.45, 7) is 9.48. The molecule has 1 saturated heterocycles. The molecule has 0 amide bonds. The maximum Gasteiger partial charge on any atom is 0.128 e. The number of nitrogens with two attached hydrogens (primary N) is 1. The second-order valence-electron chi connectivity index (χ2n) is 9.11. The molecule has 0 aromatic heterocycles. The van der Waals surface area contributed by atoms with Gasteiger partial charge in [-0.3, -0.25) is 9.89 Å². The van der Waals surface area contributed by atoms with Crippen molar-refractivity contribution in [1.29, 1.82) is 0 Å². The van der Waals surface area contributed by atoms with Crippen LogP contribution < -0.4 is 10.6 Å². The van der Waals surface area contributed by atoms with Crippen LogP contribution in [-0.2, 0) is 0 Å². The zero-order valence-electron chi connectivity index (χ0n) is 20.3. The van der Waals surface area contributed by atoms with Crippen LogP contribution in [0.2, 0.25) is 5.02 Å². The van der Waals surface area contributed by atoms with Gasteiger partial charge in [-0.25, -0.2) is 0 Å². The number of aliphatic hydroxyl groups excluding tert-OH is 2. The fourth-order valence-electron chi connectivity index (χ4n) is 4.29. The average Bonchev–Trinajstić information content (AvgIpc) is 2.85. The highest BCUT2D eigenvalue weighted by atomic mass is 35.5. The van der Waals surface area contributed by atoms with E-state index in [1.54, 1.807) is 31.2 Å².